The maximum Gasteiger partial charge on any atom is 0.246 e. The lowest BCUT2D eigenvalue weighted by molar-refractivity contribution is -0.128. The highest BCUT2D eigenvalue weighted by Crippen LogP contribution is 2.21. The number of nitrogens with zero attached hydrogens (tertiary/aromatic N) is 3. The first kappa shape index (κ1) is 18.3. The number of piperidine rings is 1. The molecule has 1 atom stereocenters. The average Bonchev–Trinajstić information content (AvgIpc) is 3.27. The number of hydrogen-bond acceptors (Lipinski definition) is 4. The molecule has 0 spiro atoms. The summed E-state index contributed by atoms with van der Waals surface area (Å²) in [7, 11) is 0. The van der Waals surface area contributed by atoms with Crippen LogP contribution >= 0.6 is 11.3 Å². The molecule has 4 rings (SSSR count). The van der Waals surface area contributed by atoms with Gasteiger partial charge >= 0.3 is 0 Å². The molecule has 0 bridgehead atoms. The summed E-state index contributed by atoms with van der Waals surface area (Å²) in [6.07, 6.45) is 5.97. The highest BCUT2D eigenvalue weighted by atomic mass is 32.1. The Morgan fingerprint density at radius 2 is 1.81 bits per heavy atom. The van der Waals surface area contributed by atoms with Gasteiger partial charge in [-0.1, -0.05) is 24.3 Å². The summed E-state index contributed by atoms with van der Waals surface area (Å²) >= 11 is 1.66. The van der Waals surface area contributed by atoms with E-state index in [1.54, 1.807) is 17.4 Å². The summed E-state index contributed by atoms with van der Waals surface area (Å²) in [5, 5.41) is 2.04. The third-order valence-electron chi connectivity index (χ3n) is 5.59. The van der Waals surface area contributed by atoms with Gasteiger partial charge in [0.1, 0.15) is 0 Å². The number of para-hydroxylation sites is 1. The minimum absolute atomic E-state index is 0.149. The zero-order valence-electron chi connectivity index (χ0n) is 15.7. The van der Waals surface area contributed by atoms with E-state index in [0.29, 0.717) is 6.04 Å². The minimum atomic E-state index is 0.149. The lowest BCUT2D eigenvalue weighted by Gasteiger charge is -2.43. The van der Waals surface area contributed by atoms with Gasteiger partial charge in [-0.15, -0.1) is 11.3 Å². The van der Waals surface area contributed by atoms with Crippen molar-refractivity contribution < 1.29 is 4.79 Å². The van der Waals surface area contributed by atoms with Crippen LogP contribution in [-0.4, -0.2) is 61.0 Å². The molecule has 3 heterocycles. The molecule has 2 aliphatic rings. The van der Waals surface area contributed by atoms with Crippen molar-refractivity contribution in [3.8, 4) is 0 Å². The van der Waals surface area contributed by atoms with Gasteiger partial charge in [-0.25, -0.2) is 0 Å². The molecule has 27 heavy (non-hydrogen) atoms. The van der Waals surface area contributed by atoms with Crippen LogP contribution in [0.3, 0.4) is 0 Å². The summed E-state index contributed by atoms with van der Waals surface area (Å²) in [6.45, 7) is 6.02. The Kier molecular flexibility index (Phi) is 5.90. The van der Waals surface area contributed by atoms with Gasteiger partial charge in [0, 0.05) is 62.0 Å². The Bertz CT molecular complexity index is 751. The van der Waals surface area contributed by atoms with E-state index in [-0.39, 0.29) is 5.91 Å². The normalized spacial score (nSPS) is 21.7. The number of piperazine rings is 1. The minimum Gasteiger partial charge on any atom is -0.369 e. The zero-order chi connectivity index (χ0) is 18.5. The van der Waals surface area contributed by atoms with Gasteiger partial charge in [-0.2, -0.15) is 0 Å². The molecule has 2 aromatic rings. The molecule has 2 fully saturated rings. The molecule has 1 aromatic heterocycles. The Morgan fingerprint density at radius 1 is 1.00 bits per heavy atom. The summed E-state index contributed by atoms with van der Waals surface area (Å²) in [4.78, 5) is 20.8. The van der Waals surface area contributed by atoms with E-state index in [9.17, 15) is 4.79 Å². The number of benzene rings is 1. The van der Waals surface area contributed by atoms with Crippen molar-refractivity contribution in [2.75, 3.05) is 44.2 Å². The molecule has 2 saturated heterocycles. The van der Waals surface area contributed by atoms with Crippen LogP contribution in [0.1, 0.15) is 17.7 Å². The van der Waals surface area contributed by atoms with Crippen LogP contribution in [0, 0.1) is 0 Å². The van der Waals surface area contributed by atoms with Crippen LogP contribution in [0.25, 0.3) is 6.08 Å². The smallest absolute Gasteiger partial charge is 0.246 e. The number of thiophene rings is 1. The molecular weight excluding hydrogens is 354 g/mol. The fourth-order valence-electron chi connectivity index (χ4n) is 4.08. The number of likely N-dealkylation sites (tertiary alicyclic amines) is 1. The lowest BCUT2D eigenvalue weighted by atomic mass is 10.0. The van der Waals surface area contributed by atoms with Gasteiger partial charge < -0.3 is 9.80 Å². The topological polar surface area (TPSA) is 26.8 Å². The first-order valence-electron chi connectivity index (χ1n) is 9.84. The Labute approximate surface area is 165 Å². The molecule has 142 valence electrons. The van der Waals surface area contributed by atoms with E-state index >= 15 is 0 Å². The van der Waals surface area contributed by atoms with Crippen LogP contribution in [0.4, 0.5) is 5.69 Å². The maximum atomic E-state index is 12.6. The maximum absolute atomic E-state index is 12.6. The zero-order valence-corrected chi connectivity index (χ0v) is 16.5. The fraction of sp³-hybridized carbons (Fsp3) is 0.409. The van der Waals surface area contributed by atoms with Crippen molar-refractivity contribution in [1.82, 2.24) is 9.80 Å². The number of amides is 1. The molecule has 4 nitrogen and oxygen atoms in total. The van der Waals surface area contributed by atoms with Crippen molar-refractivity contribution in [2.24, 2.45) is 0 Å². The molecule has 5 heteroatoms. The fourth-order valence-corrected chi connectivity index (χ4v) is 4.70. The summed E-state index contributed by atoms with van der Waals surface area (Å²) in [5.74, 6) is 0.149. The van der Waals surface area contributed by atoms with Gasteiger partial charge in [-0.05, 0) is 42.5 Å². The molecule has 0 aliphatic carbocycles. The van der Waals surface area contributed by atoms with E-state index in [0.717, 1.165) is 50.6 Å². The Balaban J connectivity index is 1.30. The number of carbonyl (C=O) groups excluding carboxylic acids is 1. The molecule has 1 amide bonds. The van der Waals surface area contributed by atoms with E-state index in [4.69, 9.17) is 0 Å². The van der Waals surface area contributed by atoms with Gasteiger partial charge in [0.25, 0.3) is 0 Å². The summed E-state index contributed by atoms with van der Waals surface area (Å²) in [6, 6.07) is 15.2. The van der Waals surface area contributed by atoms with Gasteiger partial charge in [0.05, 0.1) is 0 Å². The number of hydrogen-bond donors (Lipinski definition) is 0. The monoisotopic (exact) mass is 381 g/mol. The Hall–Kier alpha value is -2.11. The number of carbonyl (C=O) groups is 1. The molecule has 0 saturated carbocycles. The van der Waals surface area contributed by atoms with Crippen LogP contribution in [0.5, 0.6) is 0 Å². The number of rotatable bonds is 4. The number of anilines is 1. The van der Waals surface area contributed by atoms with Crippen LogP contribution in [0.2, 0.25) is 0 Å². The van der Waals surface area contributed by atoms with Gasteiger partial charge in [-0.3, -0.25) is 9.69 Å². The van der Waals surface area contributed by atoms with E-state index in [1.807, 2.05) is 28.5 Å². The lowest BCUT2D eigenvalue weighted by Crippen LogP contribution is -2.55. The van der Waals surface area contributed by atoms with Gasteiger partial charge in [0.2, 0.25) is 5.91 Å². The largest absolute Gasteiger partial charge is 0.369 e. The van der Waals surface area contributed by atoms with Crippen molar-refractivity contribution in [2.45, 2.75) is 18.9 Å². The second-order valence-electron chi connectivity index (χ2n) is 7.29. The van der Waals surface area contributed by atoms with E-state index in [1.165, 1.54) is 12.1 Å². The second-order valence-corrected chi connectivity index (χ2v) is 8.27. The molecular formula is C22H27N3OS. The highest BCUT2D eigenvalue weighted by Gasteiger charge is 2.29. The van der Waals surface area contributed by atoms with E-state index in [2.05, 4.69) is 40.1 Å². The average molecular weight is 382 g/mol. The van der Waals surface area contributed by atoms with Crippen LogP contribution in [0.15, 0.2) is 53.9 Å². The molecule has 2 aliphatic heterocycles. The molecule has 0 N–H and O–H groups in total. The van der Waals surface area contributed by atoms with Crippen molar-refractivity contribution in [1.29, 1.82) is 0 Å². The standard InChI is InChI=1S/C22H27N3OS/c26-22(11-10-21-9-5-17-27-21)25-12-4-8-20(18-25)24-15-13-23(14-16-24)19-6-2-1-3-7-19/h1-3,5-7,9-11,17,20H,4,8,12-16,18H2/b11-10+. The summed E-state index contributed by atoms with van der Waals surface area (Å²) in [5.41, 5.74) is 1.32. The highest BCUT2D eigenvalue weighted by molar-refractivity contribution is 7.10. The second kappa shape index (κ2) is 8.72. The van der Waals surface area contributed by atoms with Crippen LogP contribution in [-0.2, 0) is 4.79 Å². The predicted octanol–water partition coefficient (Wildman–Crippen LogP) is 3.57. The summed E-state index contributed by atoms with van der Waals surface area (Å²) < 4.78 is 0. The third kappa shape index (κ3) is 4.60. The van der Waals surface area contributed by atoms with Crippen molar-refractivity contribution in [3.63, 3.8) is 0 Å². The first-order valence-corrected chi connectivity index (χ1v) is 10.7. The molecule has 0 radical (unpaired) electrons. The van der Waals surface area contributed by atoms with E-state index < -0.39 is 0 Å². The molecule has 1 unspecified atom stereocenters. The van der Waals surface area contributed by atoms with Crippen molar-refractivity contribution >= 4 is 29.0 Å². The predicted molar refractivity (Wildman–Crippen MR) is 113 cm³/mol. The van der Waals surface area contributed by atoms with Crippen molar-refractivity contribution in [3.05, 3.63) is 58.8 Å². The third-order valence-corrected chi connectivity index (χ3v) is 6.43. The first-order chi connectivity index (χ1) is 13.3. The van der Waals surface area contributed by atoms with Gasteiger partial charge in [0.15, 0.2) is 0 Å². The Morgan fingerprint density at radius 3 is 2.56 bits per heavy atom. The SMILES string of the molecule is O=C(/C=C/c1cccs1)N1CCCC(N2CCN(c3ccccc3)CC2)C1. The quantitative estimate of drug-likeness (QED) is 0.758. The van der Waals surface area contributed by atoms with Crippen LogP contribution < -0.4 is 4.90 Å². The molecule has 1 aromatic carbocycles.